The minimum atomic E-state index is -0.866. The highest BCUT2D eigenvalue weighted by atomic mass is 16.3. The quantitative estimate of drug-likeness (QED) is 0.0808. The number of allylic oxidation sites excluding steroid dienone is 1. The SMILES string of the molecule is CC.CC.CC.CC.CC.CC(N)=C1C=NC2NC(=N)NC(=O)C12.CC1C(O)C2CC2C1NCC1=CN(C)C2N=C(N)NC(=O)C12.CC1C(O)C2CC2C1NCC1=CN(C)C2N=C(N)NC(=O)C12.CN1C=NC2NC=NC2C1=O.NC1=NC2NC=C(CNC3C(O)C(O)C4CC43)C2C(=O)N1.NC1=NC2NC=C(CNC3C=CC(O)C3O)C2C(=O)N1.O=C1NC=NC2N=CNC12. The van der Waals surface area contributed by atoms with Crippen LogP contribution in [-0.4, -0.2) is 311 Å². The Morgan fingerprint density at radius 2 is 0.900 bits per heavy atom. The molecule has 14 aliphatic heterocycles. The van der Waals surface area contributed by atoms with E-state index < -0.39 is 36.3 Å². The largest absolute Gasteiger partial charge is 0.402 e. The molecule has 130 heavy (non-hydrogen) atoms. The lowest BCUT2D eigenvalue weighted by atomic mass is 9.95. The molecule has 0 aromatic carbocycles. The molecule has 7 aliphatic carbocycles. The third-order valence-corrected chi connectivity index (χ3v) is 25.8. The number of carbonyl (C=O) groups is 7. The van der Waals surface area contributed by atoms with Crippen LogP contribution in [0.4, 0.5) is 0 Å². The zero-order chi connectivity index (χ0) is 95.3. The zero-order valence-corrected chi connectivity index (χ0v) is 76.6. The van der Waals surface area contributed by atoms with Crippen molar-refractivity contribution in [1.82, 2.24) is 94.5 Å². The predicted octanol–water partition coefficient (Wildman–Crippen LogP) is -6.77. The van der Waals surface area contributed by atoms with Gasteiger partial charge in [0.15, 0.2) is 48.2 Å². The Labute approximate surface area is 757 Å². The van der Waals surface area contributed by atoms with Crippen LogP contribution in [0.25, 0.3) is 0 Å². The first-order valence-corrected chi connectivity index (χ1v) is 45.2. The van der Waals surface area contributed by atoms with E-state index in [-0.39, 0.29) is 186 Å². The number of amides is 7. The van der Waals surface area contributed by atoms with Crippen molar-refractivity contribution in [2.24, 2.45) is 151 Å². The maximum absolute atomic E-state index is 12.2. The minimum Gasteiger partial charge on any atom is -0.402 e. The third-order valence-electron chi connectivity index (χ3n) is 25.8. The van der Waals surface area contributed by atoms with Crippen LogP contribution in [-0.2, 0) is 33.6 Å². The van der Waals surface area contributed by atoms with Crippen molar-refractivity contribution in [3.8, 4) is 0 Å². The Hall–Kier alpha value is -11.4. The molecule has 46 nitrogen and oxygen atoms in total. The molecule has 32 N–H and O–H groups in total. The van der Waals surface area contributed by atoms with Crippen LogP contribution in [0.15, 0.2) is 115 Å². The van der Waals surface area contributed by atoms with E-state index in [4.69, 9.17) is 34.1 Å². The lowest BCUT2D eigenvalue weighted by molar-refractivity contribution is -0.128. The van der Waals surface area contributed by atoms with Gasteiger partial charge in [0.05, 0.1) is 61.9 Å². The first-order chi connectivity index (χ1) is 62.3. The van der Waals surface area contributed by atoms with E-state index >= 15 is 0 Å². The first-order valence-electron chi connectivity index (χ1n) is 45.2. The molecule has 0 spiro atoms. The molecule has 46 heteroatoms. The van der Waals surface area contributed by atoms with Gasteiger partial charge in [-0.05, 0) is 108 Å². The molecule has 7 amide bonds. The molecular formula is C84H137N33O13. The van der Waals surface area contributed by atoms with Crippen molar-refractivity contribution in [1.29, 1.82) is 5.41 Å². The Kier molecular flexibility index (Phi) is 34.5. The van der Waals surface area contributed by atoms with Crippen LogP contribution >= 0.6 is 0 Å². The Morgan fingerprint density at radius 3 is 1.35 bits per heavy atom. The van der Waals surface area contributed by atoms with Crippen molar-refractivity contribution < 1.29 is 64.2 Å². The molecule has 14 heterocycles. The number of nitrogens with one attached hydrogen (secondary N) is 16. The molecule has 0 radical (unpaired) electrons. The highest BCUT2D eigenvalue weighted by molar-refractivity contribution is 6.07. The maximum Gasteiger partial charge on any atom is 0.256 e. The van der Waals surface area contributed by atoms with Crippen LogP contribution < -0.4 is 108 Å². The number of hydrogen-bond donors (Lipinski definition) is 27. The number of fused-ring (bicyclic) bond motifs is 10. The summed E-state index contributed by atoms with van der Waals surface area (Å²) >= 11 is 0. The Morgan fingerprint density at radius 1 is 0.462 bits per heavy atom. The normalized spacial score (nSPS) is 38.5. The van der Waals surface area contributed by atoms with Crippen LogP contribution in [0.3, 0.4) is 0 Å². The van der Waals surface area contributed by atoms with Crippen molar-refractivity contribution in [3.63, 3.8) is 0 Å². The summed E-state index contributed by atoms with van der Waals surface area (Å²) in [6.07, 6.45) is 16.1. The summed E-state index contributed by atoms with van der Waals surface area (Å²) in [6.45, 7) is 28.1. The second-order valence-electron chi connectivity index (χ2n) is 33.5. The average Bonchev–Trinajstić information content (AvgIpc) is 1.57. The van der Waals surface area contributed by atoms with Gasteiger partial charge in [0, 0.05) is 95.3 Å². The number of hydrogen-bond acceptors (Lipinski definition) is 38. The molecule has 21 aliphatic rings. The predicted molar refractivity (Wildman–Crippen MR) is 492 cm³/mol. The molecule has 0 bridgehead atoms. The summed E-state index contributed by atoms with van der Waals surface area (Å²) in [5.41, 5.74) is 33.1. The van der Waals surface area contributed by atoms with Gasteiger partial charge in [-0.25, -0.2) is 34.9 Å². The lowest BCUT2D eigenvalue weighted by Gasteiger charge is -2.28. The second-order valence-corrected chi connectivity index (χ2v) is 33.5. The fourth-order valence-corrected chi connectivity index (χ4v) is 19.1. The van der Waals surface area contributed by atoms with Gasteiger partial charge >= 0.3 is 0 Å². The maximum atomic E-state index is 12.2. The second kappa shape index (κ2) is 44.5. The highest BCUT2D eigenvalue weighted by Gasteiger charge is 2.61. The van der Waals surface area contributed by atoms with E-state index in [2.05, 4.69) is 139 Å². The fourth-order valence-electron chi connectivity index (χ4n) is 19.1. The Balaban J connectivity index is 0.000000157. The molecule has 1 saturated heterocycles. The van der Waals surface area contributed by atoms with Crippen molar-refractivity contribution in [2.45, 2.75) is 225 Å². The molecule has 0 aromatic heterocycles. The van der Waals surface area contributed by atoms with E-state index in [1.807, 2.05) is 106 Å². The van der Waals surface area contributed by atoms with Crippen molar-refractivity contribution in [2.75, 3.05) is 47.3 Å². The van der Waals surface area contributed by atoms with E-state index in [0.29, 0.717) is 73.5 Å². The van der Waals surface area contributed by atoms with E-state index in [9.17, 15) is 64.2 Å². The first kappa shape index (κ1) is 101. The molecule has 32 unspecified atom stereocenters. The smallest absolute Gasteiger partial charge is 0.256 e. The van der Waals surface area contributed by atoms with E-state index in [1.165, 1.54) is 30.3 Å². The highest BCUT2D eigenvalue weighted by Crippen LogP contribution is 2.56. The number of rotatable bonds is 12. The summed E-state index contributed by atoms with van der Waals surface area (Å²) in [5, 5.41) is 110. The van der Waals surface area contributed by atoms with Gasteiger partial charge in [0.1, 0.15) is 72.6 Å². The molecule has 6 saturated carbocycles. The van der Waals surface area contributed by atoms with Gasteiger partial charge in [0.2, 0.25) is 29.5 Å². The van der Waals surface area contributed by atoms with Crippen LogP contribution in [0.1, 0.15) is 109 Å². The molecule has 21 rings (SSSR count). The van der Waals surface area contributed by atoms with E-state index in [0.717, 1.165) is 47.1 Å². The molecule has 7 fully saturated rings. The molecule has 0 aromatic rings. The van der Waals surface area contributed by atoms with Crippen molar-refractivity contribution in [3.05, 3.63) is 70.5 Å². The van der Waals surface area contributed by atoms with Gasteiger partial charge in [-0.2, -0.15) is 0 Å². The zero-order valence-electron chi connectivity index (χ0n) is 76.6. The van der Waals surface area contributed by atoms with Gasteiger partial charge in [-0.15, -0.1) is 0 Å². The van der Waals surface area contributed by atoms with Gasteiger partial charge in [0.25, 0.3) is 11.8 Å². The number of nitrogens with two attached hydrogens (primary N) is 5. The standard InChI is InChI=1S/2C15H23N5O2.C13H19N5O3.C12H17N5O3.C8H11N5O.C6H8N4O.C5H6N4O.5C2H6/c2*1-6-11(8-3-9(8)12(6)21)17-4-7-5-20(2)13-10(7)14(22)19-15(16)18-13;14-13-17-11-7(12(21)18-13)4(3-16-11)2-15-8-5-1-6(5)9(19)10(8)20;13-12-16-10-8(11(20)17-12)5(4-15-10)3-14-6-1-2-7(18)9(6)19;1-3(9)4-2-11-6-5(4)7(14)13-8(10)12-6;1-10-3-9-5-4(6(10)11)7-2-8-5;10-5-3-4(7-1-6-3)8-2-9-5;5*1-2/h2*5-6,8-13,17,21H,3-4H2,1-2H3,(H3,16,18,19,22);3,5-11,15-16,19-20H,1-2H2,(H3,14,17,18,21);1-2,4,6-10,14-15,18-19H,3H2,(H3,13,16,17,20);2,5-6H,9H2,1H3,(H3,10,12,13,14);2-5H,1H3,(H,7,8);1-4H,(H,6,7)(H,8,9,10);5*1-2H3. The van der Waals surface area contributed by atoms with Gasteiger partial charge in [-0.1, -0.05) is 95.2 Å². The molecular weight excluding hydrogens is 1680 g/mol. The van der Waals surface area contributed by atoms with E-state index in [1.54, 1.807) is 44.7 Å². The number of aliphatic imine (C=N–C) groups is 9. The van der Waals surface area contributed by atoms with Crippen molar-refractivity contribution >= 4 is 103 Å². The lowest BCUT2D eigenvalue weighted by Crippen LogP contribution is -2.57. The summed E-state index contributed by atoms with van der Waals surface area (Å²) in [4.78, 5) is 124. The average molecular weight is 1820 g/mol. The summed E-state index contributed by atoms with van der Waals surface area (Å²) in [6, 6.07) is -0.388. The number of aliphatic hydroxyl groups excluding tert-OH is 6. The summed E-state index contributed by atoms with van der Waals surface area (Å²) in [5.74, 6) is 1.31. The topological polar surface area (TPSA) is 696 Å². The van der Waals surface area contributed by atoms with Crippen LogP contribution in [0.5, 0.6) is 0 Å². The minimum absolute atomic E-state index is 0.00810. The van der Waals surface area contributed by atoms with Gasteiger partial charge in [-0.3, -0.25) is 75.5 Å². The van der Waals surface area contributed by atoms with Crippen LogP contribution in [0.2, 0.25) is 0 Å². The van der Waals surface area contributed by atoms with Crippen LogP contribution in [0, 0.1) is 82.3 Å². The number of carbonyl (C=O) groups excluding carboxylic acids is 7. The number of likely N-dealkylation sites (N-methyl/N-ethyl adjacent to an activating group) is 1. The Bertz CT molecular complexity index is 4500. The van der Waals surface area contributed by atoms with Gasteiger partial charge < -0.3 is 127 Å². The molecule has 32 atom stereocenters. The number of guanidine groups is 5. The number of nitrogens with zero attached hydrogens (tertiary/aromatic N) is 12. The third kappa shape index (κ3) is 22.1. The summed E-state index contributed by atoms with van der Waals surface area (Å²) < 4.78 is 0. The monoisotopic (exact) mass is 1820 g/mol. The number of aliphatic hydroxyl groups is 6. The summed E-state index contributed by atoms with van der Waals surface area (Å²) in [7, 11) is 5.51. The fraction of sp³-hybridized carbons (Fsp3) is 0.655. The molecule has 716 valence electrons.